The minimum absolute atomic E-state index is 0.0368. The van der Waals surface area contributed by atoms with Crippen molar-refractivity contribution < 1.29 is 31.1 Å². The molecule has 2 nitrogen and oxygen atoms in total. The van der Waals surface area contributed by atoms with Crippen molar-refractivity contribution in [3.8, 4) is 0 Å². The zero-order chi connectivity index (χ0) is 19.0. The maximum absolute atomic E-state index is 13.2. The van der Waals surface area contributed by atoms with E-state index in [9.17, 15) is 31.1 Å². The van der Waals surface area contributed by atoms with Gasteiger partial charge in [-0.1, -0.05) is 11.6 Å². The minimum Gasteiger partial charge on any atom is -0.322 e. The Morgan fingerprint density at radius 3 is 1.92 bits per heavy atom. The van der Waals surface area contributed by atoms with Crippen molar-refractivity contribution in [3.05, 3.63) is 64.2 Å². The first-order valence-corrected chi connectivity index (χ1v) is 7.06. The molecule has 2 aromatic carbocycles. The van der Waals surface area contributed by atoms with E-state index in [4.69, 9.17) is 0 Å². The fourth-order valence-electron chi connectivity index (χ4n) is 2.46. The highest BCUT2D eigenvalue weighted by Gasteiger charge is 2.37. The van der Waals surface area contributed by atoms with Gasteiger partial charge in [0.2, 0.25) is 0 Å². The van der Waals surface area contributed by atoms with Crippen LogP contribution in [0.25, 0.3) is 0 Å². The molecule has 1 amide bonds. The van der Waals surface area contributed by atoms with Gasteiger partial charge in [-0.05, 0) is 49.7 Å². The van der Waals surface area contributed by atoms with Crippen LogP contribution in [0.3, 0.4) is 0 Å². The summed E-state index contributed by atoms with van der Waals surface area (Å²) in [5.74, 6) is -1.04. The van der Waals surface area contributed by atoms with Gasteiger partial charge in [-0.2, -0.15) is 26.3 Å². The molecule has 0 unspecified atom stereocenters. The van der Waals surface area contributed by atoms with Crippen LogP contribution in [0.1, 0.15) is 32.6 Å². The van der Waals surface area contributed by atoms with Gasteiger partial charge in [0.1, 0.15) is 0 Å². The maximum Gasteiger partial charge on any atom is 0.417 e. The number of anilines is 1. The largest absolute Gasteiger partial charge is 0.417 e. The number of rotatable bonds is 2. The van der Waals surface area contributed by atoms with Crippen molar-refractivity contribution in [1.82, 2.24) is 0 Å². The molecule has 0 bridgehead atoms. The number of benzene rings is 2. The Morgan fingerprint density at radius 2 is 1.44 bits per heavy atom. The summed E-state index contributed by atoms with van der Waals surface area (Å²) in [5, 5.41) is 2.20. The topological polar surface area (TPSA) is 29.1 Å². The molecule has 0 atom stereocenters. The molecule has 25 heavy (non-hydrogen) atoms. The lowest BCUT2D eigenvalue weighted by Gasteiger charge is -2.16. The van der Waals surface area contributed by atoms with Gasteiger partial charge in [0.15, 0.2) is 0 Å². The van der Waals surface area contributed by atoms with E-state index in [0.717, 1.165) is 30.3 Å². The number of nitrogens with one attached hydrogen (secondary N) is 1. The number of hydrogen-bond donors (Lipinski definition) is 1. The van der Waals surface area contributed by atoms with Gasteiger partial charge < -0.3 is 5.32 Å². The molecular formula is C17H13F6NO. The predicted octanol–water partition coefficient (Wildman–Crippen LogP) is 5.59. The molecule has 0 aromatic heterocycles. The summed E-state index contributed by atoms with van der Waals surface area (Å²) in [5.41, 5.74) is -2.25. The Balaban J connectivity index is 2.36. The molecule has 0 aliphatic heterocycles. The molecule has 134 valence electrons. The molecule has 1 N–H and O–H groups in total. The van der Waals surface area contributed by atoms with E-state index < -0.39 is 35.0 Å². The quantitative estimate of drug-likeness (QED) is 0.694. The van der Waals surface area contributed by atoms with E-state index in [1.807, 2.05) is 0 Å². The van der Waals surface area contributed by atoms with Crippen molar-refractivity contribution in [3.63, 3.8) is 0 Å². The lowest BCUT2D eigenvalue weighted by atomic mass is 9.97. The molecule has 0 heterocycles. The molecule has 2 aromatic rings. The normalized spacial score (nSPS) is 12.2. The summed E-state index contributed by atoms with van der Waals surface area (Å²) in [6, 6.07) is 5.84. The molecule has 0 radical (unpaired) electrons. The average Bonchev–Trinajstić information content (AvgIpc) is 2.44. The number of carbonyl (C=O) groups is 1. The number of alkyl halides is 6. The van der Waals surface area contributed by atoms with E-state index in [1.165, 1.54) is 13.0 Å². The van der Waals surface area contributed by atoms with Crippen LogP contribution < -0.4 is 5.32 Å². The highest BCUT2D eigenvalue weighted by Crippen LogP contribution is 2.36. The highest BCUT2D eigenvalue weighted by molar-refractivity contribution is 6.05. The predicted molar refractivity (Wildman–Crippen MR) is 80.3 cm³/mol. The van der Waals surface area contributed by atoms with Crippen LogP contribution in [0.2, 0.25) is 0 Å². The Labute approximate surface area is 139 Å². The van der Waals surface area contributed by atoms with Gasteiger partial charge >= 0.3 is 12.4 Å². The van der Waals surface area contributed by atoms with E-state index in [0.29, 0.717) is 5.56 Å². The van der Waals surface area contributed by atoms with Crippen LogP contribution in [0.4, 0.5) is 32.0 Å². The Morgan fingerprint density at radius 1 is 0.880 bits per heavy atom. The van der Waals surface area contributed by atoms with Gasteiger partial charge in [-0.15, -0.1) is 0 Å². The fourth-order valence-corrected chi connectivity index (χ4v) is 2.46. The Hall–Kier alpha value is -2.51. The summed E-state index contributed by atoms with van der Waals surface area (Å²) >= 11 is 0. The molecule has 0 aliphatic carbocycles. The van der Waals surface area contributed by atoms with Gasteiger partial charge in [0.05, 0.1) is 16.7 Å². The van der Waals surface area contributed by atoms with Crippen molar-refractivity contribution >= 4 is 11.6 Å². The van der Waals surface area contributed by atoms with Gasteiger partial charge in [-0.3, -0.25) is 4.79 Å². The average molecular weight is 361 g/mol. The summed E-state index contributed by atoms with van der Waals surface area (Å²) in [6.07, 6.45) is -9.27. The zero-order valence-electron chi connectivity index (χ0n) is 13.1. The van der Waals surface area contributed by atoms with Crippen LogP contribution in [0.5, 0.6) is 0 Å². The van der Waals surface area contributed by atoms with E-state index in [1.54, 1.807) is 6.92 Å². The number of carbonyl (C=O) groups excluding carboxylic acids is 1. The zero-order valence-corrected chi connectivity index (χ0v) is 13.1. The van der Waals surface area contributed by atoms with E-state index in [-0.39, 0.29) is 11.3 Å². The second-order valence-electron chi connectivity index (χ2n) is 5.53. The second-order valence-corrected chi connectivity index (χ2v) is 5.53. The van der Waals surface area contributed by atoms with Crippen molar-refractivity contribution in [2.75, 3.05) is 5.32 Å². The molecule has 0 saturated carbocycles. The minimum atomic E-state index is -4.73. The second kappa shape index (κ2) is 6.42. The Kier molecular flexibility index (Phi) is 4.83. The van der Waals surface area contributed by atoms with Crippen LogP contribution >= 0.6 is 0 Å². The van der Waals surface area contributed by atoms with Crippen LogP contribution in [-0.2, 0) is 12.4 Å². The Bertz CT molecular complexity index is 791. The smallest absolute Gasteiger partial charge is 0.322 e. The van der Waals surface area contributed by atoms with Gasteiger partial charge in [0, 0.05) is 5.69 Å². The molecule has 0 spiro atoms. The first kappa shape index (κ1) is 18.8. The first-order valence-electron chi connectivity index (χ1n) is 7.06. The van der Waals surface area contributed by atoms with E-state index >= 15 is 0 Å². The van der Waals surface area contributed by atoms with Gasteiger partial charge in [0.25, 0.3) is 5.91 Å². The molecule has 0 fully saturated rings. The molecule has 0 saturated heterocycles. The number of amides is 1. The summed E-state index contributed by atoms with van der Waals surface area (Å²) < 4.78 is 77.2. The van der Waals surface area contributed by atoms with Crippen molar-refractivity contribution in [2.24, 2.45) is 0 Å². The van der Waals surface area contributed by atoms with Gasteiger partial charge in [-0.25, -0.2) is 0 Å². The lowest BCUT2D eigenvalue weighted by Crippen LogP contribution is -2.20. The monoisotopic (exact) mass is 361 g/mol. The third-order valence-corrected chi connectivity index (χ3v) is 3.48. The van der Waals surface area contributed by atoms with Crippen molar-refractivity contribution in [1.29, 1.82) is 0 Å². The number of halogens is 6. The molecule has 8 heteroatoms. The number of aryl methyl sites for hydroxylation is 2. The summed E-state index contributed by atoms with van der Waals surface area (Å²) in [7, 11) is 0. The number of hydrogen-bond acceptors (Lipinski definition) is 1. The highest BCUT2D eigenvalue weighted by atomic mass is 19.4. The third-order valence-electron chi connectivity index (χ3n) is 3.48. The van der Waals surface area contributed by atoms with Crippen LogP contribution in [0.15, 0.2) is 36.4 Å². The van der Waals surface area contributed by atoms with Crippen LogP contribution in [-0.4, -0.2) is 5.91 Å². The van der Waals surface area contributed by atoms with Crippen molar-refractivity contribution in [2.45, 2.75) is 26.2 Å². The van der Waals surface area contributed by atoms with Crippen LogP contribution in [0, 0.1) is 13.8 Å². The summed E-state index contributed by atoms with van der Waals surface area (Å²) in [6.45, 7) is 2.78. The SMILES string of the molecule is Cc1cc(C)c(C(F)(F)F)c(C(=O)Nc2ccc(C(F)(F)F)cc2)c1. The summed E-state index contributed by atoms with van der Waals surface area (Å²) in [4.78, 5) is 12.2. The lowest BCUT2D eigenvalue weighted by molar-refractivity contribution is -0.138. The molecule has 2 rings (SSSR count). The molecular weight excluding hydrogens is 348 g/mol. The fraction of sp³-hybridized carbons (Fsp3) is 0.235. The maximum atomic E-state index is 13.2. The molecule has 0 aliphatic rings. The first-order chi connectivity index (χ1) is 11.4. The standard InChI is InChI=1S/C17H13F6NO/c1-9-7-10(2)14(17(21,22)23)13(8-9)15(25)24-12-5-3-11(4-6-12)16(18,19)20/h3-8H,1-2H3,(H,24,25). The van der Waals surface area contributed by atoms with E-state index in [2.05, 4.69) is 5.32 Å². The third kappa shape index (κ3) is 4.32.